The molecule has 0 bridgehead atoms. The predicted octanol–water partition coefficient (Wildman–Crippen LogP) is 10.1. The number of aryl methyl sites for hydroxylation is 2. The molecule has 1 heterocycles. The molecule has 0 fully saturated rings. The molecule has 36 heavy (non-hydrogen) atoms. The van der Waals surface area contributed by atoms with E-state index < -0.39 is 0 Å². The zero-order valence-corrected chi connectivity index (χ0v) is 24.4. The van der Waals surface area contributed by atoms with Crippen molar-refractivity contribution in [1.82, 2.24) is 9.55 Å². The van der Waals surface area contributed by atoms with E-state index >= 15 is 0 Å². The van der Waals surface area contributed by atoms with Crippen LogP contribution in [-0.4, -0.2) is 15.3 Å². The van der Waals surface area contributed by atoms with Gasteiger partial charge in [-0.2, -0.15) is 0 Å². The Morgan fingerprint density at radius 3 is 2.44 bits per heavy atom. The van der Waals surface area contributed by atoms with Gasteiger partial charge in [-0.15, -0.1) is 0 Å². The molecule has 0 radical (unpaired) electrons. The van der Waals surface area contributed by atoms with Gasteiger partial charge >= 0.3 is 0 Å². The third-order valence-corrected chi connectivity index (χ3v) is 7.38. The lowest BCUT2D eigenvalue weighted by Gasteiger charge is -2.22. The number of hydrogen-bond acceptors (Lipinski definition) is 2. The molecule has 1 aromatic carbocycles. The maximum Gasteiger partial charge on any atom is 0.112 e. The van der Waals surface area contributed by atoms with Crippen LogP contribution in [-0.2, 0) is 6.54 Å². The van der Waals surface area contributed by atoms with E-state index in [2.05, 4.69) is 77.6 Å². The van der Waals surface area contributed by atoms with E-state index in [0.29, 0.717) is 5.92 Å². The molecule has 3 nitrogen and oxygen atoms in total. The van der Waals surface area contributed by atoms with Gasteiger partial charge in [0.05, 0.1) is 5.69 Å². The summed E-state index contributed by atoms with van der Waals surface area (Å²) in [7, 11) is 0. The second kappa shape index (κ2) is 14.4. The van der Waals surface area contributed by atoms with Crippen molar-refractivity contribution >= 4 is 17.3 Å². The fourth-order valence-electron chi connectivity index (χ4n) is 4.93. The Kier molecular flexibility index (Phi) is 11.9. The Hall–Kier alpha value is -2.39. The maximum atomic E-state index is 6.43. The summed E-state index contributed by atoms with van der Waals surface area (Å²) in [6.45, 7) is 24.3. The van der Waals surface area contributed by atoms with Gasteiger partial charge in [-0.25, -0.2) is 4.98 Å². The summed E-state index contributed by atoms with van der Waals surface area (Å²) in [6.07, 6.45) is 10.3. The molecule has 0 N–H and O–H groups in total. The van der Waals surface area contributed by atoms with Gasteiger partial charge in [0, 0.05) is 47.1 Å². The summed E-state index contributed by atoms with van der Waals surface area (Å²) in [5.74, 6) is 1.90. The molecular formula is C32H46ClN3. The van der Waals surface area contributed by atoms with Gasteiger partial charge in [-0.1, -0.05) is 75.2 Å². The van der Waals surface area contributed by atoms with Crippen molar-refractivity contribution in [3.8, 4) is 11.3 Å². The summed E-state index contributed by atoms with van der Waals surface area (Å²) in [6, 6.07) is 6.24. The Balaban J connectivity index is 2.32. The highest BCUT2D eigenvalue weighted by atomic mass is 35.5. The Bertz CT molecular complexity index is 1100. The van der Waals surface area contributed by atoms with Crippen molar-refractivity contribution in [2.24, 2.45) is 10.9 Å². The smallest absolute Gasteiger partial charge is 0.112 e. The van der Waals surface area contributed by atoms with E-state index in [0.717, 1.165) is 78.2 Å². The highest BCUT2D eigenvalue weighted by molar-refractivity contribution is 6.31. The van der Waals surface area contributed by atoms with Crippen LogP contribution >= 0.6 is 11.6 Å². The number of hydrogen-bond donors (Lipinski definition) is 0. The van der Waals surface area contributed by atoms with Crippen molar-refractivity contribution in [2.75, 3.05) is 0 Å². The number of imidazole rings is 1. The molecule has 2 rings (SSSR count). The molecule has 0 saturated carbocycles. The molecular weight excluding hydrogens is 462 g/mol. The molecule has 2 atom stereocenters. The van der Waals surface area contributed by atoms with E-state index in [1.807, 2.05) is 13.0 Å². The van der Waals surface area contributed by atoms with E-state index in [1.165, 1.54) is 17.0 Å². The van der Waals surface area contributed by atoms with Crippen LogP contribution in [0.25, 0.3) is 11.3 Å². The van der Waals surface area contributed by atoms with E-state index in [4.69, 9.17) is 21.6 Å². The van der Waals surface area contributed by atoms with E-state index in [1.54, 1.807) is 6.20 Å². The average molecular weight is 508 g/mol. The largest absolute Gasteiger partial charge is 0.334 e. The summed E-state index contributed by atoms with van der Waals surface area (Å²) >= 11 is 6.43. The van der Waals surface area contributed by atoms with Crippen LogP contribution in [0.3, 0.4) is 0 Å². The SMILES string of the molecule is C=CN=C(CCCC(CCC)c1nc(-c2ccc(C)c(Cl)c2)cn1CCC)C(=C(C)C)C(C)C(=C)C. The second-order valence-corrected chi connectivity index (χ2v) is 10.7. The molecule has 1 aromatic heterocycles. The van der Waals surface area contributed by atoms with E-state index in [-0.39, 0.29) is 5.92 Å². The van der Waals surface area contributed by atoms with Gasteiger partial charge in [0.25, 0.3) is 0 Å². The highest BCUT2D eigenvalue weighted by Gasteiger charge is 2.21. The normalized spacial score (nSPS) is 13.4. The summed E-state index contributed by atoms with van der Waals surface area (Å²) in [5.41, 5.74) is 8.10. The molecule has 0 amide bonds. The predicted molar refractivity (Wildman–Crippen MR) is 159 cm³/mol. The van der Waals surface area contributed by atoms with Crippen LogP contribution in [0, 0.1) is 12.8 Å². The first-order valence-electron chi connectivity index (χ1n) is 13.5. The Morgan fingerprint density at radius 1 is 1.17 bits per heavy atom. The Morgan fingerprint density at radius 2 is 1.89 bits per heavy atom. The number of benzene rings is 1. The van der Waals surface area contributed by atoms with Crippen molar-refractivity contribution in [3.05, 3.63) is 76.9 Å². The van der Waals surface area contributed by atoms with Crippen LogP contribution in [0.2, 0.25) is 5.02 Å². The summed E-state index contributed by atoms with van der Waals surface area (Å²) < 4.78 is 2.37. The minimum absolute atomic E-state index is 0.285. The first-order chi connectivity index (χ1) is 17.1. The fraction of sp³-hybridized carbons (Fsp3) is 0.500. The molecule has 2 aromatic rings. The van der Waals surface area contributed by atoms with Gasteiger partial charge in [-0.3, -0.25) is 4.99 Å². The number of nitrogens with zero attached hydrogens (tertiary/aromatic N) is 3. The van der Waals surface area contributed by atoms with Crippen LogP contribution in [0.4, 0.5) is 0 Å². The van der Waals surface area contributed by atoms with Gasteiger partial charge in [0.15, 0.2) is 0 Å². The van der Waals surface area contributed by atoms with Crippen molar-refractivity contribution < 1.29 is 0 Å². The third-order valence-electron chi connectivity index (χ3n) is 6.98. The zero-order valence-electron chi connectivity index (χ0n) is 23.6. The summed E-state index contributed by atoms with van der Waals surface area (Å²) in [5, 5.41) is 0.789. The number of allylic oxidation sites excluding steroid dienone is 3. The lowest BCUT2D eigenvalue weighted by atomic mass is 9.85. The molecule has 2 unspecified atom stereocenters. The molecule has 0 aliphatic carbocycles. The summed E-state index contributed by atoms with van der Waals surface area (Å²) in [4.78, 5) is 9.89. The Labute approximate surface area is 225 Å². The quantitative estimate of drug-likeness (QED) is 0.185. The number of halogens is 1. The van der Waals surface area contributed by atoms with Gasteiger partial charge in [-0.05, 0) is 77.0 Å². The molecule has 0 aliphatic rings. The van der Waals surface area contributed by atoms with Crippen molar-refractivity contribution in [1.29, 1.82) is 0 Å². The lowest BCUT2D eigenvalue weighted by molar-refractivity contribution is 0.494. The number of aliphatic imine (C=N–C) groups is 1. The van der Waals surface area contributed by atoms with Crippen LogP contribution in [0.15, 0.2) is 65.5 Å². The molecule has 0 spiro atoms. The van der Waals surface area contributed by atoms with Gasteiger partial charge in [0.2, 0.25) is 0 Å². The van der Waals surface area contributed by atoms with Crippen LogP contribution in [0.5, 0.6) is 0 Å². The molecule has 0 aliphatic heterocycles. The monoisotopic (exact) mass is 507 g/mol. The fourth-order valence-corrected chi connectivity index (χ4v) is 5.11. The number of aromatic nitrogens is 2. The van der Waals surface area contributed by atoms with E-state index in [9.17, 15) is 0 Å². The minimum Gasteiger partial charge on any atom is -0.334 e. The van der Waals surface area contributed by atoms with Gasteiger partial charge in [0.1, 0.15) is 5.82 Å². The standard InChI is InChI=1S/C32H46ClN3/c1-10-14-26(15-13-16-29(34-12-3)31(23(6)7)25(9)22(4)5)32-35-30(21-36(32)19-11-2)27-18-17-24(8)28(33)20-27/h12,17-18,20-21,25-26H,3-4,10-11,13-16,19H2,1-2,5-9H3. The first kappa shape index (κ1) is 29.8. The topological polar surface area (TPSA) is 30.2 Å². The average Bonchev–Trinajstić information content (AvgIpc) is 3.24. The number of rotatable bonds is 14. The minimum atomic E-state index is 0.285. The first-order valence-corrected chi connectivity index (χ1v) is 13.9. The third kappa shape index (κ3) is 7.80. The zero-order chi connectivity index (χ0) is 26.8. The molecule has 196 valence electrons. The van der Waals surface area contributed by atoms with Crippen molar-refractivity contribution in [2.45, 2.75) is 99.5 Å². The van der Waals surface area contributed by atoms with Crippen LogP contribution in [0.1, 0.15) is 97.4 Å². The van der Waals surface area contributed by atoms with Crippen molar-refractivity contribution in [3.63, 3.8) is 0 Å². The van der Waals surface area contributed by atoms with Crippen LogP contribution < -0.4 is 0 Å². The molecule has 4 heteroatoms. The maximum absolute atomic E-state index is 6.43. The molecule has 0 saturated heterocycles. The second-order valence-electron chi connectivity index (χ2n) is 10.3. The lowest BCUT2D eigenvalue weighted by Crippen LogP contribution is -2.15. The highest BCUT2D eigenvalue weighted by Crippen LogP contribution is 2.32. The van der Waals surface area contributed by atoms with Gasteiger partial charge < -0.3 is 4.57 Å².